The molecule has 0 aliphatic heterocycles. The van der Waals surface area contributed by atoms with Gasteiger partial charge >= 0.3 is 0 Å². The molecule has 0 aliphatic carbocycles. The lowest BCUT2D eigenvalue weighted by atomic mass is 10.1. The zero-order valence-corrected chi connectivity index (χ0v) is 22.6. The van der Waals surface area contributed by atoms with Crippen molar-refractivity contribution in [3.05, 3.63) is 109 Å². The molecule has 2 N–H and O–H groups in total. The topological polar surface area (TPSA) is 161 Å². The number of benzene rings is 4. The first-order chi connectivity index (χ1) is 17.8. The summed E-state index contributed by atoms with van der Waals surface area (Å²) >= 11 is 0. The third kappa shape index (κ3) is 5.85. The van der Waals surface area contributed by atoms with Gasteiger partial charge in [0.05, 0.1) is 19.6 Å². The first-order valence-electron chi connectivity index (χ1n) is 10.7. The fourth-order valence-electron chi connectivity index (χ4n) is 3.52. The molecule has 0 fully saturated rings. The quantitative estimate of drug-likeness (QED) is 0.300. The smallest absolute Gasteiger partial charge is 0.206 e. The summed E-state index contributed by atoms with van der Waals surface area (Å²) in [5.74, 6) is 0. The van der Waals surface area contributed by atoms with Crippen molar-refractivity contribution < 1.29 is 33.7 Å². The molecule has 14 heteroatoms. The van der Waals surface area contributed by atoms with E-state index in [0.717, 1.165) is 18.2 Å². The van der Waals surface area contributed by atoms with Crippen molar-refractivity contribution in [1.29, 1.82) is 0 Å². The Bertz CT molecular complexity index is 1780. The molecule has 4 rings (SSSR count). The second-order valence-electron chi connectivity index (χ2n) is 7.80. The number of rotatable bonds is 9. The van der Waals surface area contributed by atoms with Crippen LogP contribution >= 0.6 is 0 Å². The summed E-state index contributed by atoms with van der Waals surface area (Å²) in [6.07, 6.45) is 0. The summed E-state index contributed by atoms with van der Waals surface area (Å²) in [5.41, 5.74) is -0.331. The van der Waals surface area contributed by atoms with Crippen LogP contribution in [0.3, 0.4) is 0 Å². The van der Waals surface area contributed by atoms with E-state index in [1.54, 1.807) is 26.5 Å². The zero-order chi connectivity index (χ0) is 27.6. The highest BCUT2D eigenvalue weighted by Crippen LogP contribution is 2.34. The van der Waals surface area contributed by atoms with E-state index < -0.39 is 55.4 Å². The molecule has 0 saturated carbocycles. The molecule has 10 nitrogen and oxygen atoms in total. The van der Waals surface area contributed by atoms with Gasteiger partial charge in [0, 0.05) is 5.56 Å². The Kier molecular flexibility index (Phi) is 7.56. The van der Waals surface area contributed by atoms with Crippen molar-refractivity contribution in [3.8, 4) is 11.1 Å². The largest absolute Gasteiger partial charge is 0.254 e. The minimum atomic E-state index is -4.90. The molecule has 4 aromatic carbocycles. The van der Waals surface area contributed by atoms with Crippen LogP contribution < -0.4 is 8.25 Å². The number of sulfonamides is 4. The molecule has 0 amide bonds. The zero-order valence-electron chi connectivity index (χ0n) is 19.3. The third-order valence-corrected chi connectivity index (χ3v) is 12.3. The second-order valence-corrected chi connectivity index (χ2v) is 15.0. The molecule has 0 atom stereocenters. The Morgan fingerprint density at radius 1 is 0.368 bits per heavy atom. The van der Waals surface area contributed by atoms with Gasteiger partial charge in [-0.2, -0.15) is 0 Å². The fraction of sp³-hybridized carbons (Fsp3) is 0. The molecule has 198 valence electrons. The van der Waals surface area contributed by atoms with Gasteiger partial charge in [0.25, 0.3) is 40.1 Å². The average molecular weight is 593 g/mol. The van der Waals surface area contributed by atoms with E-state index in [1.807, 2.05) is 0 Å². The standard InChI is InChI=1S/C24H20N2O8S4/c27-35(28,20-13-6-2-7-14-20)25-37(31,32)22-17-10-18-23(24(22)19-11-4-1-5-12-19)38(33,34)26-36(29,30)21-15-8-3-9-16-21/h1-18,25-26H. The highest BCUT2D eigenvalue weighted by molar-refractivity contribution is 8.05. The van der Waals surface area contributed by atoms with E-state index in [1.165, 1.54) is 72.8 Å². The average Bonchev–Trinajstić information content (AvgIpc) is 2.89. The molecule has 0 spiro atoms. The highest BCUT2D eigenvalue weighted by atomic mass is 32.3. The van der Waals surface area contributed by atoms with Crippen molar-refractivity contribution in [2.24, 2.45) is 0 Å². The SMILES string of the molecule is O=S(=O)(NS(=O)(=O)c1cccc(S(=O)(=O)NS(=O)(=O)c2ccccc2)c1-c1ccccc1)c1ccccc1. The van der Waals surface area contributed by atoms with Crippen LogP contribution in [0.2, 0.25) is 0 Å². The fourth-order valence-corrected chi connectivity index (χ4v) is 9.93. The molecule has 0 radical (unpaired) electrons. The Balaban J connectivity index is 1.89. The molecule has 0 aromatic heterocycles. The van der Waals surface area contributed by atoms with Gasteiger partial charge in [-0.15, -0.1) is 8.25 Å². The van der Waals surface area contributed by atoms with Gasteiger partial charge in [0.15, 0.2) is 0 Å². The summed E-state index contributed by atoms with van der Waals surface area (Å²) in [4.78, 5) is -2.04. The van der Waals surface area contributed by atoms with Crippen LogP contribution in [0.4, 0.5) is 0 Å². The summed E-state index contributed by atoms with van der Waals surface area (Å²) in [6.45, 7) is 0. The molecule has 0 bridgehead atoms. The van der Waals surface area contributed by atoms with Crippen molar-refractivity contribution >= 4 is 40.1 Å². The van der Waals surface area contributed by atoms with Gasteiger partial charge in [-0.1, -0.05) is 72.8 Å². The molecular weight excluding hydrogens is 573 g/mol. The second kappa shape index (κ2) is 10.4. The maximum atomic E-state index is 13.4. The van der Waals surface area contributed by atoms with Gasteiger partial charge in [0.1, 0.15) is 0 Å². The van der Waals surface area contributed by atoms with Gasteiger partial charge < -0.3 is 0 Å². The van der Waals surface area contributed by atoms with E-state index in [4.69, 9.17) is 0 Å². The summed E-state index contributed by atoms with van der Waals surface area (Å²) in [6, 6.07) is 24.0. The van der Waals surface area contributed by atoms with Crippen LogP contribution in [-0.4, -0.2) is 33.7 Å². The number of nitrogens with one attached hydrogen (secondary N) is 2. The predicted octanol–water partition coefficient (Wildman–Crippen LogP) is 2.69. The van der Waals surface area contributed by atoms with E-state index in [0.29, 0.717) is 0 Å². The first-order valence-corrected chi connectivity index (χ1v) is 16.6. The monoisotopic (exact) mass is 592 g/mol. The van der Waals surface area contributed by atoms with Crippen LogP contribution in [0.5, 0.6) is 0 Å². The lowest BCUT2D eigenvalue weighted by Crippen LogP contribution is -2.33. The van der Waals surface area contributed by atoms with Crippen molar-refractivity contribution in [3.63, 3.8) is 0 Å². The predicted molar refractivity (Wildman–Crippen MR) is 140 cm³/mol. The minimum Gasteiger partial charge on any atom is -0.206 e. The van der Waals surface area contributed by atoms with Gasteiger partial charge in [-0.25, -0.2) is 33.7 Å². The lowest BCUT2D eigenvalue weighted by molar-refractivity contribution is 0.575. The molecule has 0 saturated heterocycles. The van der Waals surface area contributed by atoms with Crippen molar-refractivity contribution in [1.82, 2.24) is 8.25 Å². The molecule has 0 aliphatic rings. The summed E-state index contributed by atoms with van der Waals surface area (Å²) in [5, 5.41) is 0. The Morgan fingerprint density at radius 2 is 0.711 bits per heavy atom. The third-order valence-electron chi connectivity index (χ3n) is 5.18. The summed E-state index contributed by atoms with van der Waals surface area (Å²) < 4.78 is 108. The first kappa shape index (κ1) is 27.6. The van der Waals surface area contributed by atoms with Crippen molar-refractivity contribution in [2.75, 3.05) is 0 Å². The van der Waals surface area contributed by atoms with E-state index in [9.17, 15) is 33.7 Å². The lowest BCUT2D eigenvalue weighted by Gasteiger charge is -2.17. The Hall–Kier alpha value is -3.40. The highest BCUT2D eigenvalue weighted by Gasteiger charge is 2.33. The van der Waals surface area contributed by atoms with Crippen LogP contribution in [0, 0.1) is 0 Å². The van der Waals surface area contributed by atoms with Gasteiger partial charge in [-0.05, 0) is 42.0 Å². The molecular formula is C24H20N2O8S4. The number of hydrogen-bond donors (Lipinski definition) is 2. The van der Waals surface area contributed by atoms with Crippen LogP contribution in [0.25, 0.3) is 11.1 Å². The van der Waals surface area contributed by atoms with Crippen molar-refractivity contribution in [2.45, 2.75) is 19.6 Å². The van der Waals surface area contributed by atoms with E-state index >= 15 is 0 Å². The van der Waals surface area contributed by atoms with Gasteiger partial charge in [0.2, 0.25) is 0 Å². The van der Waals surface area contributed by atoms with Crippen LogP contribution in [0.15, 0.2) is 129 Å². The molecule has 0 heterocycles. The van der Waals surface area contributed by atoms with Crippen LogP contribution in [-0.2, 0) is 40.1 Å². The molecule has 4 aromatic rings. The molecule has 38 heavy (non-hydrogen) atoms. The van der Waals surface area contributed by atoms with E-state index in [-0.39, 0.29) is 15.4 Å². The Labute approximate surface area is 221 Å². The molecule has 0 unspecified atom stereocenters. The van der Waals surface area contributed by atoms with Crippen LogP contribution in [0.1, 0.15) is 0 Å². The maximum absolute atomic E-state index is 13.4. The minimum absolute atomic E-state index is 0.0862. The van der Waals surface area contributed by atoms with Gasteiger partial charge in [-0.3, -0.25) is 0 Å². The number of hydrogen-bond acceptors (Lipinski definition) is 8. The normalized spacial score (nSPS) is 12.7. The van der Waals surface area contributed by atoms with E-state index in [2.05, 4.69) is 0 Å². The Morgan fingerprint density at radius 3 is 1.08 bits per heavy atom. The summed E-state index contributed by atoms with van der Waals surface area (Å²) in [7, 11) is -19.0. The maximum Gasteiger partial charge on any atom is 0.254 e.